The van der Waals surface area contributed by atoms with Gasteiger partial charge in [0.05, 0.1) is 5.41 Å². The largest absolute Gasteiger partial charge is 0.324 e. The molecular weight excluding hydrogens is 496 g/mol. The van der Waals surface area contributed by atoms with Crippen LogP contribution in [0, 0.1) is 5.41 Å². The zero-order valence-corrected chi connectivity index (χ0v) is 22.9. The summed E-state index contributed by atoms with van der Waals surface area (Å²) >= 11 is 3.41. The van der Waals surface area contributed by atoms with Crippen LogP contribution in [0.2, 0.25) is 0 Å². The maximum Gasteiger partial charge on any atom is 0.250 e. The Balaban J connectivity index is 1.53. The molecule has 1 saturated carbocycles. The molecule has 2 spiro atoms. The summed E-state index contributed by atoms with van der Waals surface area (Å²) in [6.07, 6.45) is 7.47. The van der Waals surface area contributed by atoms with Crippen molar-refractivity contribution < 1.29 is 9.59 Å². The molecule has 4 nitrogen and oxygen atoms in total. The van der Waals surface area contributed by atoms with Gasteiger partial charge in [-0.15, -0.1) is 23.5 Å². The fraction of sp³-hybridized carbons (Fsp3) is 0.290. The van der Waals surface area contributed by atoms with Crippen LogP contribution in [0.15, 0.2) is 88.2 Å². The van der Waals surface area contributed by atoms with Crippen LogP contribution in [0.3, 0.4) is 0 Å². The van der Waals surface area contributed by atoms with Gasteiger partial charge in [-0.2, -0.15) is 0 Å². The smallest absolute Gasteiger partial charge is 0.250 e. The minimum absolute atomic E-state index is 0.0849. The first kappa shape index (κ1) is 24.5. The average Bonchev–Trinajstić information content (AvgIpc) is 3.51. The summed E-state index contributed by atoms with van der Waals surface area (Å²) in [6, 6.07) is 24.8. The molecule has 1 N–H and O–H groups in total. The number of nitrogens with zero attached hydrogens (tertiary/aromatic N) is 1. The molecule has 3 aromatic rings. The molecule has 1 amide bonds. The monoisotopic (exact) mass is 526 g/mol. The molecule has 3 aliphatic rings. The zero-order valence-electron chi connectivity index (χ0n) is 21.3. The van der Waals surface area contributed by atoms with E-state index >= 15 is 0 Å². The Morgan fingerprint density at radius 3 is 2.24 bits per heavy atom. The van der Waals surface area contributed by atoms with Gasteiger partial charge in [0, 0.05) is 33.5 Å². The van der Waals surface area contributed by atoms with E-state index in [0.29, 0.717) is 19.4 Å². The minimum Gasteiger partial charge on any atom is -0.324 e. The lowest BCUT2D eigenvalue weighted by Gasteiger charge is -2.43. The van der Waals surface area contributed by atoms with Gasteiger partial charge in [0.1, 0.15) is 5.54 Å². The lowest BCUT2D eigenvalue weighted by molar-refractivity contribution is -0.141. The maximum atomic E-state index is 14.7. The van der Waals surface area contributed by atoms with Gasteiger partial charge >= 0.3 is 0 Å². The molecule has 2 heterocycles. The molecule has 6 heteroatoms. The van der Waals surface area contributed by atoms with E-state index in [1.54, 1.807) is 23.5 Å². The Morgan fingerprint density at radius 1 is 0.919 bits per heavy atom. The first-order valence-electron chi connectivity index (χ1n) is 12.6. The van der Waals surface area contributed by atoms with Crippen molar-refractivity contribution in [3.8, 4) is 0 Å². The first-order valence-corrected chi connectivity index (χ1v) is 15.1. The van der Waals surface area contributed by atoms with Crippen molar-refractivity contribution in [3.63, 3.8) is 0 Å². The molecule has 3 atom stereocenters. The first-order chi connectivity index (χ1) is 17.9. The van der Waals surface area contributed by atoms with Crippen LogP contribution in [-0.4, -0.2) is 42.7 Å². The molecule has 0 bridgehead atoms. The Labute approximate surface area is 226 Å². The van der Waals surface area contributed by atoms with Crippen LogP contribution < -0.4 is 5.32 Å². The van der Waals surface area contributed by atoms with Gasteiger partial charge in [0.2, 0.25) is 0 Å². The van der Waals surface area contributed by atoms with E-state index in [0.717, 1.165) is 28.0 Å². The number of benzene rings is 3. The van der Waals surface area contributed by atoms with E-state index in [1.807, 2.05) is 37.4 Å². The number of amides is 1. The third kappa shape index (κ3) is 3.42. The summed E-state index contributed by atoms with van der Waals surface area (Å²) in [6.45, 7) is 0.641. The molecule has 2 fully saturated rings. The van der Waals surface area contributed by atoms with Crippen LogP contribution >= 0.6 is 23.5 Å². The van der Waals surface area contributed by atoms with E-state index in [-0.39, 0.29) is 17.6 Å². The number of likely N-dealkylation sites (N-methyl/N-ethyl adjacent to an activating group) is 1. The number of anilines is 1. The van der Waals surface area contributed by atoms with Gasteiger partial charge in [0.25, 0.3) is 5.91 Å². The number of carbonyl (C=O) groups is 2. The number of Topliss-reactive ketones (excluding diaryl/α,β-unsaturated/α-hetero) is 1. The van der Waals surface area contributed by atoms with Gasteiger partial charge < -0.3 is 5.32 Å². The normalized spacial score (nSPS) is 28.0. The Bertz CT molecular complexity index is 1420. The summed E-state index contributed by atoms with van der Waals surface area (Å²) in [5.41, 5.74) is 2.77. The molecule has 37 heavy (non-hydrogen) atoms. The highest BCUT2D eigenvalue weighted by Gasteiger charge is 2.74. The SMILES string of the molecule is CSc1ccc(/C=C2\CCC3(C2=O)C(c2ccc(SC)cc2)CN(C)C32C(=O)Nc3ccccc32)cc1. The lowest BCUT2D eigenvalue weighted by atomic mass is 9.59. The van der Waals surface area contributed by atoms with Crippen LogP contribution in [0.25, 0.3) is 6.08 Å². The number of carbonyl (C=O) groups excluding carboxylic acids is 2. The highest BCUT2D eigenvalue weighted by atomic mass is 32.2. The van der Waals surface area contributed by atoms with Gasteiger partial charge in [-0.05, 0) is 85.5 Å². The Morgan fingerprint density at radius 2 is 1.57 bits per heavy atom. The van der Waals surface area contributed by atoms with Crippen LogP contribution in [0.4, 0.5) is 5.69 Å². The van der Waals surface area contributed by atoms with Crippen molar-refractivity contribution in [1.29, 1.82) is 0 Å². The van der Waals surface area contributed by atoms with Crippen LogP contribution in [-0.2, 0) is 15.1 Å². The van der Waals surface area contributed by atoms with E-state index in [9.17, 15) is 9.59 Å². The summed E-state index contributed by atoms with van der Waals surface area (Å²) in [5.74, 6) is -0.0717. The number of fused-ring (bicyclic) bond motifs is 3. The van der Waals surface area contributed by atoms with Crippen molar-refractivity contribution in [3.05, 3.63) is 95.1 Å². The second-order valence-corrected chi connectivity index (χ2v) is 11.9. The lowest BCUT2D eigenvalue weighted by Crippen LogP contribution is -2.57. The summed E-state index contributed by atoms with van der Waals surface area (Å²) in [5, 5.41) is 3.14. The van der Waals surface area contributed by atoms with E-state index in [2.05, 4.69) is 71.3 Å². The summed E-state index contributed by atoms with van der Waals surface area (Å²) in [4.78, 5) is 33.3. The number of para-hydroxylation sites is 1. The number of allylic oxidation sites excluding steroid dienone is 1. The van der Waals surface area contributed by atoms with E-state index in [1.165, 1.54) is 9.79 Å². The molecule has 3 unspecified atom stereocenters. The minimum atomic E-state index is -1.04. The van der Waals surface area contributed by atoms with E-state index < -0.39 is 11.0 Å². The quantitative estimate of drug-likeness (QED) is 0.313. The molecule has 188 valence electrons. The molecule has 0 radical (unpaired) electrons. The van der Waals surface area contributed by atoms with Crippen molar-refractivity contribution in [1.82, 2.24) is 4.90 Å². The fourth-order valence-electron chi connectivity index (χ4n) is 7.01. The number of ketones is 1. The third-order valence-corrected chi connectivity index (χ3v) is 10.1. The predicted octanol–water partition coefficient (Wildman–Crippen LogP) is 6.44. The van der Waals surface area contributed by atoms with Crippen molar-refractivity contribution in [2.45, 2.75) is 34.1 Å². The van der Waals surface area contributed by atoms with Crippen molar-refractivity contribution >= 4 is 47.0 Å². The molecule has 3 aromatic carbocycles. The molecular formula is C31H30N2O2S2. The topological polar surface area (TPSA) is 49.4 Å². The third-order valence-electron chi connectivity index (χ3n) is 8.62. The van der Waals surface area contributed by atoms with Gasteiger partial charge in [-0.25, -0.2) is 0 Å². The summed E-state index contributed by atoms with van der Waals surface area (Å²) < 4.78 is 0. The summed E-state index contributed by atoms with van der Waals surface area (Å²) in [7, 11) is 2.01. The molecule has 2 aliphatic heterocycles. The number of rotatable bonds is 4. The highest BCUT2D eigenvalue weighted by molar-refractivity contribution is 7.98. The van der Waals surface area contributed by atoms with Gasteiger partial charge in [-0.3, -0.25) is 14.5 Å². The molecule has 6 rings (SSSR count). The van der Waals surface area contributed by atoms with Crippen molar-refractivity contribution in [2.75, 3.05) is 31.4 Å². The average molecular weight is 527 g/mol. The van der Waals surface area contributed by atoms with Crippen LogP contribution in [0.1, 0.15) is 35.4 Å². The van der Waals surface area contributed by atoms with Crippen molar-refractivity contribution in [2.24, 2.45) is 5.41 Å². The number of likely N-dealkylation sites (tertiary alicyclic amines) is 1. The highest BCUT2D eigenvalue weighted by Crippen LogP contribution is 2.67. The second-order valence-electron chi connectivity index (χ2n) is 10.2. The number of nitrogens with one attached hydrogen (secondary N) is 1. The van der Waals surface area contributed by atoms with Gasteiger partial charge in [-0.1, -0.05) is 42.5 Å². The Kier molecular flexibility index (Phi) is 6.09. The van der Waals surface area contributed by atoms with Crippen LogP contribution in [0.5, 0.6) is 0 Å². The number of hydrogen-bond donors (Lipinski definition) is 1. The molecule has 1 aliphatic carbocycles. The number of hydrogen-bond acceptors (Lipinski definition) is 5. The fourth-order valence-corrected chi connectivity index (χ4v) is 7.83. The zero-order chi connectivity index (χ0) is 25.8. The molecule has 0 aromatic heterocycles. The maximum absolute atomic E-state index is 14.7. The molecule has 1 saturated heterocycles. The predicted molar refractivity (Wildman–Crippen MR) is 153 cm³/mol. The Hall–Kier alpha value is -2.80. The second kappa shape index (κ2) is 9.19. The van der Waals surface area contributed by atoms with E-state index in [4.69, 9.17) is 0 Å². The standard InChI is InChI=1S/C31H30N2O2S2/c1-33-19-26(21-10-14-24(37-3)15-11-21)30(31(33)25-6-4-5-7-27(25)32-29(31)35)17-16-22(28(30)34)18-20-8-12-23(36-2)13-9-20/h4-15,18,26H,16-17,19H2,1-3H3,(H,32,35)/b22-18+. The van der Waals surface area contributed by atoms with Gasteiger partial charge in [0.15, 0.2) is 5.78 Å². The number of thioether (sulfide) groups is 2.